The molecule has 2 fully saturated rings. The third-order valence-corrected chi connectivity index (χ3v) is 8.72. The van der Waals surface area contributed by atoms with Crippen LogP contribution in [0.5, 0.6) is 5.75 Å². The van der Waals surface area contributed by atoms with Crippen LogP contribution in [-0.4, -0.2) is 18.0 Å². The number of hydrogen-bond donors (Lipinski definition) is 0. The highest BCUT2D eigenvalue weighted by atomic mass is 127. The maximum absolute atomic E-state index is 13.4. The molecule has 166 valence electrons. The van der Waals surface area contributed by atoms with Gasteiger partial charge in [-0.25, -0.2) is 0 Å². The predicted molar refractivity (Wildman–Crippen MR) is 123 cm³/mol. The summed E-state index contributed by atoms with van der Waals surface area (Å²) in [4.78, 5) is 24.8. The number of rotatable bonds is 5. The molecule has 6 nitrogen and oxygen atoms in total. The van der Waals surface area contributed by atoms with E-state index in [1.165, 1.54) is 13.2 Å². The molecule has 4 atom stereocenters. The largest absolute Gasteiger partial charge is 0.496 e. The molecular formula is C23H32INO5. The molecule has 7 heteroatoms. The Morgan fingerprint density at radius 1 is 1.30 bits per heavy atom. The number of fused-ring (bicyclic) bond motifs is 2. The van der Waals surface area contributed by atoms with E-state index in [1.807, 2.05) is 43.4 Å². The molecule has 3 rings (SSSR count). The first-order valence-electron chi connectivity index (χ1n) is 10.5. The zero-order valence-corrected chi connectivity index (χ0v) is 21.0. The van der Waals surface area contributed by atoms with Crippen molar-refractivity contribution in [2.24, 2.45) is 28.1 Å². The van der Waals surface area contributed by atoms with Crippen LogP contribution in [0, 0.1) is 41.8 Å². The molecule has 0 heterocycles. The van der Waals surface area contributed by atoms with E-state index in [9.17, 15) is 14.9 Å². The second kappa shape index (κ2) is 7.64. The number of benzene rings is 1. The Bertz CT molecular complexity index is 875. The van der Waals surface area contributed by atoms with Gasteiger partial charge in [0.1, 0.15) is 11.9 Å². The van der Waals surface area contributed by atoms with Crippen molar-refractivity contribution in [3.63, 3.8) is 0 Å². The van der Waals surface area contributed by atoms with Crippen molar-refractivity contribution >= 4 is 34.2 Å². The molecule has 0 spiro atoms. The zero-order valence-electron chi connectivity index (χ0n) is 18.9. The molecule has 1 aromatic rings. The van der Waals surface area contributed by atoms with Crippen LogP contribution in [-0.2, 0) is 9.53 Å². The summed E-state index contributed by atoms with van der Waals surface area (Å²) >= 11 is 2.02. The minimum atomic E-state index is -0.748. The number of carbonyl (C=O) groups is 1. The van der Waals surface area contributed by atoms with E-state index in [2.05, 4.69) is 20.8 Å². The highest BCUT2D eigenvalue weighted by Crippen LogP contribution is 2.68. The fourth-order valence-electron chi connectivity index (χ4n) is 5.55. The van der Waals surface area contributed by atoms with Gasteiger partial charge >= 0.3 is 5.97 Å². The van der Waals surface area contributed by atoms with Crippen LogP contribution < -0.4 is 4.74 Å². The van der Waals surface area contributed by atoms with Gasteiger partial charge in [0.15, 0.2) is 0 Å². The lowest BCUT2D eigenvalue weighted by Crippen LogP contribution is -2.38. The van der Waals surface area contributed by atoms with Crippen molar-refractivity contribution < 1.29 is 19.2 Å². The highest BCUT2D eigenvalue weighted by Gasteiger charge is 2.64. The number of esters is 1. The van der Waals surface area contributed by atoms with Gasteiger partial charge in [0, 0.05) is 11.5 Å². The first-order valence-corrected chi connectivity index (χ1v) is 11.5. The molecule has 0 aliphatic heterocycles. The van der Waals surface area contributed by atoms with Crippen LogP contribution in [0.2, 0.25) is 0 Å². The molecule has 0 saturated heterocycles. The summed E-state index contributed by atoms with van der Waals surface area (Å²) in [6.45, 7) is 12.5. The molecule has 0 N–H and O–H groups in total. The topological polar surface area (TPSA) is 78.7 Å². The molecule has 2 aliphatic rings. The van der Waals surface area contributed by atoms with Gasteiger partial charge in [-0.05, 0) is 64.7 Å². The van der Waals surface area contributed by atoms with Crippen molar-refractivity contribution in [1.29, 1.82) is 0 Å². The summed E-state index contributed by atoms with van der Waals surface area (Å²) < 4.78 is 12.2. The van der Waals surface area contributed by atoms with Gasteiger partial charge in [0.05, 0.1) is 27.1 Å². The Kier molecular flexibility index (Phi) is 5.93. The van der Waals surface area contributed by atoms with E-state index in [4.69, 9.17) is 9.47 Å². The van der Waals surface area contributed by atoms with E-state index in [0.29, 0.717) is 20.8 Å². The second-order valence-corrected chi connectivity index (χ2v) is 11.8. The van der Waals surface area contributed by atoms with E-state index >= 15 is 0 Å². The van der Waals surface area contributed by atoms with E-state index in [0.717, 1.165) is 19.3 Å². The van der Waals surface area contributed by atoms with Crippen LogP contribution in [0.3, 0.4) is 0 Å². The molecule has 0 amide bonds. The van der Waals surface area contributed by atoms with E-state index < -0.39 is 16.4 Å². The number of ether oxygens (including phenoxy) is 2. The van der Waals surface area contributed by atoms with Crippen molar-refractivity contribution in [2.75, 3.05) is 7.11 Å². The maximum Gasteiger partial charge on any atom is 0.310 e. The van der Waals surface area contributed by atoms with Crippen molar-refractivity contribution in [1.82, 2.24) is 0 Å². The smallest absolute Gasteiger partial charge is 0.310 e. The Balaban J connectivity index is 2.00. The van der Waals surface area contributed by atoms with Gasteiger partial charge < -0.3 is 9.47 Å². The molecule has 2 saturated carbocycles. The van der Waals surface area contributed by atoms with Gasteiger partial charge in [0.25, 0.3) is 5.69 Å². The molecule has 0 radical (unpaired) electrons. The monoisotopic (exact) mass is 529 g/mol. The summed E-state index contributed by atoms with van der Waals surface area (Å²) in [6, 6.07) is 3.14. The number of halogens is 1. The van der Waals surface area contributed by atoms with Crippen LogP contribution in [0.4, 0.5) is 5.69 Å². The lowest BCUT2D eigenvalue weighted by atomic mass is 9.66. The standard InChI is InChI=1S/C23H32INO5/c1-21(2,3)19(14-11-18(29-7)16(24)12-17(14)25(27)28)30-20(26)15-10-13-8-9-23(15,6)22(13,4)5/h11-13,15,19H,8-10H2,1-7H3/t13?,15?,19-,23-/m0/s1. The first kappa shape index (κ1) is 23.3. The van der Waals surface area contributed by atoms with E-state index in [1.54, 1.807) is 6.07 Å². The molecule has 2 unspecified atom stereocenters. The average Bonchev–Trinajstić information content (AvgIpc) is 2.98. The number of hydrogen-bond acceptors (Lipinski definition) is 5. The van der Waals surface area contributed by atoms with Crippen molar-refractivity contribution in [3.8, 4) is 5.75 Å². The Labute approximate surface area is 192 Å². The van der Waals surface area contributed by atoms with E-state index in [-0.39, 0.29) is 28.4 Å². The van der Waals surface area contributed by atoms with Crippen LogP contribution in [0.25, 0.3) is 0 Å². The van der Waals surface area contributed by atoms with Crippen LogP contribution in [0.15, 0.2) is 12.1 Å². The summed E-state index contributed by atoms with van der Waals surface area (Å²) in [5.74, 6) is 0.635. The SMILES string of the molecule is COc1cc([C@H](OC(=O)C2CC3CC[C@]2(C)C3(C)C)C(C)(C)C)c([N+](=O)[O-])cc1I. The lowest BCUT2D eigenvalue weighted by Gasteiger charge is -2.39. The molecule has 1 aromatic carbocycles. The minimum Gasteiger partial charge on any atom is -0.496 e. The molecule has 2 aliphatic carbocycles. The number of nitro groups is 1. The Hall–Kier alpha value is -1.38. The average molecular weight is 529 g/mol. The summed E-state index contributed by atoms with van der Waals surface area (Å²) in [6.07, 6.45) is 2.25. The van der Waals surface area contributed by atoms with Crippen LogP contribution >= 0.6 is 22.6 Å². The van der Waals surface area contributed by atoms with Gasteiger partial charge in [-0.15, -0.1) is 0 Å². The lowest BCUT2D eigenvalue weighted by molar-refractivity contribution is -0.386. The normalized spacial score (nSPS) is 28.3. The Morgan fingerprint density at radius 3 is 2.37 bits per heavy atom. The number of nitro benzene ring substituents is 1. The van der Waals surface area contributed by atoms with Crippen molar-refractivity contribution in [3.05, 3.63) is 31.4 Å². The highest BCUT2D eigenvalue weighted by molar-refractivity contribution is 14.1. The second-order valence-electron chi connectivity index (χ2n) is 10.6. The first-order chi connectivity index (χ1) is 13.7. The third-order valence-electron chi connectivity index (χ3n) is 7.88. The number of carbonyl (C=O) groups excluding carboxylic acids is 1. The van der Waals surface area contributed by atoms with Gasteiger partial charge in [0.2, 0.25) is 0 Å². The number of methoxy groups -OCH3 is 1. The third kappa shape index (κ3) is 3.60. The minimum absolute atomic E-state index is 0.0487. The molecule has 30 heavy (non-hydrogen) atoms. The van der Waals surface area contributed by atoms with Gasteiger partial charge in [-0.3, -0.25) is 14.9 Å². The fourth-order valence-corrected chi connectivity index (χ4v) is 6.22. The van der Waals surface area contributed by atoms with Gasteiger partial charge in [-0.1, -0.05) is 41.5 Å². The predicted octanol–water partition coefficient (Wildman–Crippen LogP) is 6.30. The summed E-state index contributed by atoms with van der Waals surface area (Å²) in [5.41, 5.74) is -0.205. The zero-order chi connectivity index (χ0) is 22.6. The summed E-state index contributed by atoms with van der Waals surface area (Å²) in [7, 11) is 1.53. The fraction of sp³-hybridized carbons (Fsp3) is 0.696. The van der Waals surface area contributed by atoms with Crippen molar-refractivity contribution in [2.45, 2.75) is 66.9 Å². The summed E-state index contributed by atoms with van der Waals surface area (Å²) in [5, 5.41) is 11.8. The number of nitrogens with zero attached hydrogens (tertiary/aromatic N) is 1. The van der Waals surface area contributed by atoms with Gasteiger partial charge in [-0.2, -0.15) is 0 Å². The Morgan fingerprint density at radius 2 is 1.93 bits per heavy atom. The van der Waals surface area contributed by atoms with Crippen LogP contribution in [0.1, 0.15) is 72.5 Å². The molecule has 2 bridgehead atoms. The molecular weight excluding hydrogens is 497 g/mol. The molecule has 0 aromatic heterocycles. The maximum atomic E-state index is 13.4. The quantitative estimate of drug-likeness (QED) is 0.194.